The van der Waals surface area contributed by atoms with Crippen molar-refractivity contribution in [3.8, 4) is 5.75 Å². The van der Waals surface area contributed by atoms with Crippen molar-refractivity contribution in [2.24, 2.45) is 0 Å². The smallest absolute Gasteiger partial charge is 0.233 e. The average Bonchev–Trinajstić information content (AvgIpc) is 3.28. The second-order valence-electron chi connectivity index (χ2n) is 7.60. The molecule has 2 atom stereocenters. The molecule has 0 aliphatic carbocycles. The van der Waals surface area contributed by atoms with E-state index < -0.39 is 21.1 Å². The topological polar surface area (TPSA) is 113 Å². The number of nitrogens with two attached hydrogens (primary N) is 1. The van der Waals surface area contributed by atoms with E-state index in [2.05, 4.69) is 4.98 Å². The summed E-state index contributed by atoms with van der Waals surface area (Å²) in [5, 5.41) is 12.1. The number of hydrogen-bond acceptors (Lipinski definition) is 6. The zero-order valence-corrected chi connectivity index (χ0v) is 17.8. The van der Waals surface area contributed by atoms with Gasteiger partial charge in [0.15, 0.2) is 9.84 Å². The predicted octanol–water partition coefficient (Wildman–Crippen LogP) is 1.06. The second kappa shape index (κ2) is 8.62. The summed E-state index contributed by atoms with van der Waals surface area (Å²) in [6, 6.07) is 15.3. The van der Waals surface area contributed by atoms with Crippen molar-refractivity contribution in [3.05, 3.63) is 65.9 Å². The molecule has 31 heavy (non-hydrogen) atoms. The molecule has 0 radical (unpaired) electrons. The molecule has 1 fully saturated rings. The van der Waals surface area contributed by atoms with Crippen molar-refractivity contribution in [2.75, 3.05) is 13.1 Å². The Kier molecular flexibility index (Phi) is 5.90. The largest absolute Gasteiger partial charge is 0.489 e. The number of rotatable bonds is 7. The van der Waals surface area contributed by atoms with Gasteiger partial charge in [-0.05, 0) is 43.3 Å². The van der Waals surface area contributed by atoms with Gasteiger partial charge in [0.25, 0.3) is 0 Å². The number of fused-ring (bicyclic) bond motifs is 1. The van der Waals surface area contributed by atoms with Crippen LogP contribution < -0.4 is 10.1 Å². The quantitative estimate of drug-likeness (QED) is 0.321. The first-order valence-corrected chi connectivity index (χ1v) is 11.5. The number of amides is 1. The third kappa shape index (κ3) is 4.25. The van der Waals surface area contributed by atoms with Crippen LogP contribution in [0.15, 0.2) is 59.5 Å². The fourth-order valence-corrected chi connectivity index (χ4v) is 5.91. The summed E-state index contributed by atoms with van der Waals surface area (Å²) in [5.41, 5.74) is 2.80. The molecule has 0 spiro atoms. The number of benzene rings is 2. The van der Waals surface area contributed by atoms with Crippen LogP contribution in [0.3, 0.4) is 0 Å². The Labute approximate surface area is 180 Å². The molecule has 1 saturated heterocycles. The molecule has 1 aliphatic rings. The summed E-state index contributed by atoms with van der Waals surface area (Å²) in [6.07, 6.45) is 0.244. The number of aryl methyl sites for hydroxylation is 1. The molecular formula is C22H24N3O5S+. The third-order valence-corrected chi connectivity index (χ3v) is 7.79. The first-order chi connectivity index (χ1) is 14.9. The van der Waals surface area contributed by atoms with E-state index in [0.29, 0.717) is 24.0 Å². The Morgan fingerprint density at radius 3 is 2.68 bits per heavy atom. The third-order valence-electron chi connectivity index (χ3n) is 5.56. The number of nitrogens with zero attached hydrogens (tertiary/aromatic N) is 2. The summed E-state index contributed by atoms with van der Waals surface area (Å²) in [4.78, 5) is 15.5. The highest BCUT2D eigenvalue weighted by Crippen LogP contribution is 2.25. The van der Waals surface area contributed by atoms with E-state index in [4.69, 9.17) is 4.74 Å². The zero-order chi connectivity index (χ0) is 22.0. The molecule has 2 aromatic carbocycles. The number of aromatic nitrogens is 1. The van der Waals surface area contributed by atoms with Gasteiger partial charge in [-0.25, -0.2) is 13.5 Å². The number of carbonyl (C=O) groups is 1. The maximum Gasteiger partial charge on any atom is 0.233 e. The molecule has 9 heteroatoms. The van der Waals surface area contributed by atoms with Crippen molar-refractivity contribution >= 4 is 27.2 Å². The molecule has 1 amide bonds. The lowest BCUT2D eigenvalue weighted by atomic mass is 10.1. The summed E-state index contributed by atoms with van der Waals surface area (Å²) in [6.45, 7) is 2.88. The second-order valence-corrected chi connectivity index (χ2v) is 9.76. The number of carbonyl (C=O) groups excluding carboxylic acids is 1. The van der Waals surface area contributed by atoms with Gasteiger partial charge in [-0.2, -0.15) is 0 Å². The van der Waals surface area contributed by atoms with Crippen molar-refractivity contribution in [1.82, 2.24) is 10.0 Å². The van der Waals surface area contributed by atoms with Gasteiger partial charge in [0.1, 0.15) is 30.2 Å². The lowest BCUT2D eigenvalue weighted by Gasteiger charge is -2.21. The van der Waals surface area contributed by atoms with Crippen LogP contribution >= 0.6 is 0 Å². The Bertz CT molecular complexity index is 1200. The van der Waals surface area contributed by atoms with E-state index in [1.807, 2.05) is 37.3 Å². The Morgan fingerprint density at radius 1 is 1.19 bits per heavy atom. The van der Waals surface area contributed by atoms with E-state index in [9.17, 15) is 18.4 Å². The summed E-state index contributed by atoms with van der Waals surface area (Å²) in [5.74, 6) is 0.545. The van der Waals surface area contributed by atoms with Gasteiger partial charge in [-0.15, -0.1) is 0 Å². The minimum Gasteiger partial charge on any atom is -0.489 e. The molecule has 3 aromatic rings. The molecule has 2 unspecified atom stereocenters. The van der Waals surface area contributed by atoms with E-state index in [1.165, 1.54) is 12.1 Å². The number of hydroxylamine groups is 2. The van der Waals surface area contributed by atoms with Crippen LogP contribution in [0.25, 0.3) is 10.9 Å². The van der Waals surface area contributed by atoms with Gasteiger partial charge in [0.2, 0.25) is 6.41 Å². The van der Waals surface area contributed by atoms with Crippen LogP contribution in [-0.4, -0.2) is 54.5 Å². The first kappa shape index (κ1) is 21.2. The highest BCUT2D eigenvalue weighted by atomic mass is 32.2. The number of hydrogen-bond donors (Lipinski definition) is 2. The van der Waals surface area contributed by atoms with Gasteiger partial charge < -0.3 is 10.1 Å². The molecular weight excluding hydrogens is 418 g/mol. The molecule has 1 aromatic heterocycles. The van der Waals surface area contributed by atoms with Crippen LogP contribution in [0.5, 0.6) is 5.75 Å². The standard InChI is InChI=1S/C22H23N3O5S/c1-15-10-16(19-4-2-3-5-20(19)24-15)13-30-17-6-8-18(9-7-17)31(28,29)22-12-23-11-21(22)25(27)14-26/h2-10,14,21-23,27H,11-13H2,1H3/p+1. The van der Waals surface area contributed by atoms with Crippen molar-refractivity contribution in [2.45, 2.75) is 29.7 Å². The fraction of sp³-hybridized carbons (Fsp3) is 0.273. The number of ether oxygens (including phenoxy) is 1. The number of para-hydroxylation sites is 1. The molecule has 8 nitrogen and oxygen atoms in total. The SMILES string of the molecule is Cc1cc(COc2ccc(S(=O)(=O)C3C[NH2+]CC3N(O)C=O)cc2)c2ccccc2n1. The summed E-state index contributed by atoms with van der Waals surface area (Å²) in [7, 11) is -3.72. The Hall–Kier alpha value is -3.01. The van der Waals surface area contributed by atoms with Crippen LogP contribution in [0, 0.1) is 6.92 Å². The fourth-order valence-electron chi connectivity index (χ4n) is 4.01. The highest BCUT2D eigenvalue weighted by molar-refractivity contribution is 7.92. The van der Waals surface area contributed by atoms with Crippen LogP contribution in [0.1, 0.15) is 11.3 Å². The number of pyridine rings is 1. The lowest BCUT2D eigenvalue weighted by molar-refractivity contribution is -0.637. The van der Waals surface area contributed by atoms with E-state index in [1.54, 1.807) is 17.4 Å². The molecule has 162 valence electrons. The maximum absolute atomic E-state index is 13.0. The molecule has 0 saturated carbocycles. The molecule has 2 heterocycles. The monoisotopic (exact) mass is 442 g/mol. The van der Waals surface area contributed by atoms with Gasteiger partial charge >= 0.3 is 0 Å². The zero-order valence-electron chi connectivity index (χ0n) is 17.0. The number of sulfone groups is 1. The van der Waals surface area contributed by atoms with Gasteiger partial charge in [0, 0.05) is 16.6 Å². The first-order valence-electron chi connectivity index (χ1n) is 9.96. The maximum atomic E-state index is 13.0. The summed E-state index contributed by atoms with van der Waals surface area (Å²) >= 11 is 0. The van der Waals surface area contributed by atoms with Crippen molar-refractivity contribution in [1.29, 1.82) is 0 Å². The van der Waals surface area contributed by atoms with Gasteiger partial charge in [0.05, 0.1) is 17.0 Å². The van der Waals surface area contributed by atoms with Crippen molar-refractivity contribution in [3.63, 3.8) is 0 Å². The minimum atomic E-state index is -3.72. The average molecular weight is 443 g/mol. The van der Waals surface area contributed by atoms with Gasteiger partial charge in [-0.3, -0.25) is 15.0 Å². The van der Waals surface area contributed by atoms with E-state index in [-0.39, 0.29) is 17.9 Å². The molecule has 4 rings (SSSR count). The Balaban J connectivity index is 1.51. The van der Waals surface area contributed by atoms with E-state index >= 15 is 0 Å². The lowest BCUT2D eigenvalue weighted by Crippen LogP contribution is -2.82. The van der Waals surface area contributed by atoms with Gasteiger partial charge in [-0.1, -0.05) is 18.2 Å². The highest BCUT2D eigenvalue weighted by Gasteiger charge is 2.44. The molecule has 3 N–H and O–H groups in total. The predicted molar refractivity (Wildman–Crippen MR) is 113 cm³/mol. The summed E-state index contributed by atoms with van der Waals surface area (Å²) < 4.78 is 31.9. The van der Waals surface area contributed by atoms with Crippen LogP contribution in [-0.2, 0) is 21.2 Å². The molecule has 1 aliphatic heterocycles. The van der Waals surface area contributed by atoms with E-state index in [0.717, 1.165) is 22.2 Å². The number of quaternary nitrogens is 1. The van der Waals surface area contributed by atoms with Crippen LogP contribution in [0.4, 0.5) is 0 Å². The normalized spacial score (nSPS) is 18.8. The van der Waals surface area contributed by atoms with Crippen molar-refractivity contribution < 1.29 is 28.5 Å². The Morgan fingerprint density at radius 2 is 1.94 bits per heavy atom. The molecule has 0 bridgehead atoms. The minimum absolute atomic E-state index is 0.134. The van der Waals surface area contributed by atoms with Crippen LogP contribution in [0.2, 0.25) is 0 Å².